The van der Waals surface area contributed by atoms with Gasteiger partial charge in [0.15, 0.2) is 11.6 Å². The Morgan fingerprint density at radius 3 is 2.49 bits per heavy atom. The molecule has 3 aromatic rings. The Kier molecular flexibility index (Phi) is 7.79. The number of ether oxygens (including phenoxy) is 1. The van der Waals surface area contributed by atoms with Gasteiger partial charge in [0.25, 0.3) is 5.91 Å². The van der Waals surface area contributed by atoms with Crippen molar-refractivity contribution in [2.75, 3.05) is 31.9 Å². The van der Waals surface area contributed by atoms with Gasteiger partial charge in [0.2, 0.25) is 0 Å². The maximum Gasteiger partial charge on any atom is 0.416 e. The fraction of sp³-hybridized carbons (Fsp3) is 0.400. The van der Waals surface area contributed by atoms with Gasteiger partial charge in [0.05, 0.1) is 5.56 Å². The van der Waals surface area contributed by atoms with Gasteiger partial charge in [-0.15, -0.1) is 0 Å². The third-order valence-corrected chi connectivity index (χ3v) is 7.66. The molecule has 2 fully saturated rings. The van der Waals surface area contributed by atoms with E-state index in [1.54, 1.807) is 25.3 Å². The minimum atomic E-state index is -4.50. The summed E-state index contributed by atoms with van der Waals surface area (Å²) < 4.78 is 46.3. The molecule has 2 saturated heterocycles. The summed E-state index contributed by atoms with van der Waals surface area (Å²) in [6.45, 7) is 5.49. The van der Waals surface area contributed by atoms with E-state index in [-0.39, 0.29) is 29.1 Å². The number of likely N-dealkylation sites (tertiary alicyclic amines) is 2. The van der Waals surface area contributed by atoms with Gasteiger partial charge < -0.3 is 20.3 Å². The van der Waals surface area contributed by atoms with Crippen molar-refractivity contribution in [3.05, 3.63) is 77.5 Å². The van der Waals surface area contributed by atoms with Crippen LogP contribution in [0.4, 0.5) is 19.0 Å². The number of hydrogen-bond acceptors (Lipinski definition) is 5. The van der Waals surface area contributed by atoms with Crippen molar-refractivity contribution in [2.24, 2.45) is 0 Å². The highest BCUT2D eigenvalue weighted by molar-refractivity contribution is 5.95. The lowest BCUT2D eigenvalue weighted by Crippen LogP contribution is -2.42. The van der Waals surface area contributed by atoms with Crippen LogP contribution in [0.2, 0.25) is 0 Å². The zero-order chi connectivity index (χ0) is 27.6. The van der Waals surface area contributed by atoms with Gasteiger partial charge in [-0.3, -0.25) is 4.79 Å². The molecular weight excluding hydrogens is 505 g/mol. The number of amides is 1. The zero-order valence-electron chi connectivity index (χ0n) is 22.0. The first-order valence-electron chi connectivity index (χ1n) is 13.4. The second-order valence-electron chi connectivity index (χ2n) is 10.3. The quantitative estimate of drug-likeness (QED) is 0.388. The van der Waals surface area contributed by atoms with Crippen LogP contribution in [0.1, 0.15) is 60.2 Å². The zero-order valence-corrected chi connectivity index (χ0v) is 22.0. The van der Waals surface area contributed by atoms with Crippen molar-refractivity contribution < 1.29 is 22.7 Å². The number of nitrogens with two attached hydrogens (primary N) is 1. The average molecular weight is 539 g/mol. The summed E-state index contributed by atoms with van der Waals surface area (Å²) in [7, 11) is 0. The van der Waals surface area contributed by atoms with E-state index in [4.69, 9.17) is 10.5 Å². The van der Waals surface area contributed by atoms with E-state index < -0.39 is 17.8 Å². The average Bonchev–Trinajstić information content (AvgIpc) is 3.62. The van der Waals surface area contributed by atoms with Crippen LogP contribution in [-0.4, -0.2) is 52.9 Å². The van der Waals surface area contributed by atoms with E-state index in [0.29, 0.717) is 11.1 Å². The number of carbonyl (C=O) groups is 1. The third kappa shape index (κ3) is 6.03. The van der Waals surface area contributed by atoms with Gasteiger partial charge in [-0.2, -0.15) is 13.2 Å². The number of pyridine rings is 1. The number of halogens is 3. The van der Waals surface area contributed by atoms with Crippen LogP contribution in [0, 0.1) is 0 Å². The largest absolute Gasteiger partial charge is 0.482 e. The number of rotatable bonds is 7. The molecule has 0 bridgehead atoms. The number of aromatic nitrogens is 1. The predicted octanol–water partition coefficient (Wildman–Crippen LogP) is 6.19. The van der Waals surface area contributed by atoms with Crippen LogP contribution in [0.3, 0.4) is 0 Å². The Balaban J connectivity index is 1.30. The molecule has 2 N–H and O–H groups in total. The number of benzene rings is 2. The maximum atomic E-state index is 13.5. The van der Waals surface area contributed by atoms with E-state index in [1.807, 2.05) is 29.2 Å². The van der Waals surface area contributed by atoms with Crippen LogP contribution in [0.5, 0.6) is 5.75 Å². The van der Waals surface area contributed by atoms with E-state index in [9.17, 15) is 18.0 Å². The van der Waals surface area contributed by atoms with Crippen molar-refractivity contribution in [3.63, 3.8) is 0 Å². The first-order chi connectivity index (χ1) is 18.7. The second kappa shape index (κ2) is 11.3. The molecule has 6 nitrogen and oxygen atoms in total. The lowest BCUT2D eigenvalue weighted by atomic mass is 10.0. The fourth-order valence-corrected chi connectivity index (χ4v) is 5.60. The Bertz CT molecular complexity index is 1310. The summed E-state index contributed by atoms with van der Waals surface area (Å²) in [5.74, 6) is 0.318. The molecule has 0 aliphatic carbocycles. The molecule has 0 spiro atoms. The molecule has 2 aromatic carbocycles. The molecule has 0 saturated carbocycles. The van der Waals surface area contributed by atoms with E-state index >= 15 is 0 Å². The Morgan fingerprint density at radius 2 is 1.77 bits per heavy atom. The van der Waals surface area contributed by atoms with Gasteiger partial charge in [-0.25, -0.2) is 4.98 Å². The molecular formula is C30H33F3N4O2. The number of alkyl halides is 3. The lowest BCUT2D eigenvalue weighted by Gasteiger charge is -2.28. The van der Waals surface area contributed by atoms with Crippen molar-refractivity contribution >= 4 is 11.7 Å². The molecule has 9 heteroatoms. The molecule has 2 atom stereocenters. The summed E-state index contributed by atoms with van der Waals surface area (Å²) >= 11 is 0. The highest BCUT2D eigenvalue weighted by atomic mass is 19.4. The van der Waals surface area contributed by atoms with Crippen LogP contribution in [-0.2, 0) is 6.18 Å². The van der Waals surface area contributed by atoms with E-state index in [1.165, 1.54) is 25.0 Å². The van der Waals surface area contributed by atoms with Gasteiger partial charge in [-0.1, -0.05) is 30.3 Å². The summed E-state index contributed by atoms with van der Waals surface area (Å²) in [4.78, 5) is 22.0. The number of hydrogen-bond donors (Lipinski definition) is 1. The third-order valence-electron chi connectivity index (χ3n) is 7.66. The van der Waals surface area contributed by atoms with E-state index in [2.05, 4.69) is 9.88 Å². The number of nitrogen functional groups attached to an aromatic ring is 1. The summed E-state index contributed by atoms with van der Waals surface area (Å²) in [5, 5.41) is 0. The summed E-state index contributed by atoms with van der Waals surface area (Å²) in [6, 6.07) is 14.5. The van der Waals surface area contributed by atoms with E-state index in [0.717, 1.165) is 50.7 Å². The minimum Gasteiger partial charge on any atom is -0.482 e. The molecule has 1 unspecified atom stereocenters. The van der Waals surface area contributed by atoms with Crippen LogP contribution in [0.25, 0.3) is 11.1 Å². The van der Waals surface area contributed by atoms with Crippen LogP contribution < -0.4 is 10.5 Å². The molecule has 1 aromatic heterocycles. The number of carbonyl (C=O) groups excluding carboxylic acids is 1. The smallest absolute Gasteiger partial charge is 0.416 e. The predicted molar refractivity (Wildman–Crippen MR) is 144 cm³/mol. The Labute approximate surface area is 226 Å². The van der Waals surface area contributed by atoms with Crippen molar-refractivity contribution in [2.45, 2.75) is 50.9 Å². The lowest BCUT2D eigenvalue weighted by molar-refractivity contribution is -0.138. The summed E-state index contributed by atoms with van der Waals surface area (Å²) in [5.41, 5.74) is 7.38. The van der Waals surface area contributed by atoms with Crippen LogP contribution in [0.15, 0.2) is 60.8 Å². The molecule has 2 aliphatic heterocycles. The normalized spacial score (nSPS) is 18.9. The van der Waals surface area contributed by atoms with Gasteiger partial charge in [0, 0.05) is 42.0 Å². The monoisotopic (exact) mass is 538 g/mol. The minimum absolute atomic E-state index is 0.0163. The fourth-order valence-electron chi connectivity index (χ4n) is 5.60. The van der Waals surface area contributed by atoms with Crippen LogP contribution >= 0.6 is 0 Å². The van der Waals surface area contributed by atoms with Crippen molar-refractivity contribution in [1.82, 2.24) is 14.8 Å². The Morgan fingerprint density at radius 1 is 1.05 bits per heavy atom. The first kappa shape index (κ1) is 27.0. The summed E-state index contributed by atoms with van der Waals surface area (Å²) in [6.07, 6.45) is 0.696. The number of nitrogens with zero attached hydrogens (tertiary/aromatic N) is 3. The molecule has 39 heavy (non-hydrogen) atoms. The SMILES string of the molecule is CC(Oc1cc(-c2ccc(C(=O)N3CCC[C@@H]3CN3CCCC3)cc2)cnc1N)c1ccccc1C(F)(F)F. The van der Waals surface area contributed by atoms with Crippen molar-refractivity contribution in [3.8, 4) is 16.9 Å². The topological polar surface area (TPSA) is 71.7 Å². The molecule has 206 valence electrons. The highest BCUT2D eigenvalue weighted by Gasteiger charge is 2.35. The first-order valence-corrected chi connectivity index (χ1v) is 13.4. The molecule has 3 heterocycles. The van der Waals surface area contributed by atoms with Gasteiger partial charge in [0.1, 0.15) is 6.10 Å². The standard InChI is InChI=1S/C30H33F3N4O2/c1-20(25-8-2-3-9-26(25)30(31,32)33)39-27-17-23(18-35-28(27)34)21-10-12-22(13-11-21)29(38)37-16-6-7-24(37)19-36-14-4-5-15-36/h2-3,8-13,17-18,20,24H,4-7,14-16,19H2,1H3,(H2,34,35)/t20?,24-/m1/s1. The molecule has 0 radical (unpaired) electrons. The molecule has 1 amide bonds. The van der Waals surface area contributed by atoms with Crippen molar-refractivity contribution in [1.29, 1.82) is 0 Å². The molecule has 2 aliphatic rings. The highest BCUT2D eigenvalue weighted by Crippen LogP contribution is 2.37. The second-order valence-corrected chi connectivity index (χ2v) is 10.3. The maximum absolute atomic E-state index is 13.5. The Hall–Kier alpha value is -3.59. The van der Waals surface area contributed by atoms with Gasteiger partial charge in [-0.05, 0) is 75.5 Å². The molecule has 5 rings (SSSR count). The van der Waals surface area contributed by atoms with Gasteiger partial charge >= 0.3 is 6.18 Å². The number of anilines is 1.